The molecule has 0 unspecified atom stereocenters. The highest BCUT2D eigenvalue weighted by molar-refractivity contribution is 7.25. The molecule has 1 aliphatic rings. The highest BCUT2D eigenvalue weighted by atomic mass is 32.1. The molecule has 48 heavy (non-hydrogen) atoms. The predicted octanol–water partition coefficient (Wildman–Crippen LogP) is 11.8. The van der Waals surface area contributed by atoms with Gasteiger partial charge in [-0.3, -0.25) is 0 Å². The van der Waals surface area contributed by atoms with Gasteiger partial charge in [0.15, 0.2) is 17.5 Å². The van der Waals surface area contributed by atoms with Crippen LogP contribution in [-0.2, 0) is 6.42 Å². The number of thiophene rings is 1. The van der Waals surface area contributed by atoms with Gasteiger partial charge in [-0.1, -0.05) is 103 Å². The van der Waals surface area contributed by atoms with Crippen LogP contribution in [0.2, 0.25) is 0 Å². The van der Waals surface area contributed by atoms with Crippen molar-refractivity contribution in [1.82, 2.24) is 15.0 Å². The molecule has 0 bridgehead atoms. The number of nitrogens with zero attached hydrogens (tertiary/aromatic N) is 3. The maximum atomic E-state index is 6.59. The van der Waals surface area contributed by atoms with Crippen LogP contribution in [0.4, 0.5) is 0 Å². The molecule has 3 aromatic heterocycles. The molecule has 0 radical (unpaired) electrons. The standard InChI is InChI=1S/C43H27N3OS/c1-2-11-27(12-3-1)31-22-23-35(39-34-15-6-8-16-36(34)47-40(31)39)43-45-41(29-19-18-26-10-4-5-13-28(26)24-29)44-42(46-43)30-20-21-33-32-14-7-9-17-37(32)48-38(33)25-30/h1-3,5-9,11-25H,4,10H2. The van der Waals surface area contributed by atoms with Crippen molar-refractivity contribution in [3.8, 4) is 45.3 Å². The van der Waals surface area contributed by atoms with Crippen molar-refractivity contribution in [1.29, 1.82) is 0 Å². The fraction of sp³-hybridized carbons (Fsp3) is 0.0465. The van der Waals surface area contributed by atoms with Crippen LogP contribution in [0.3, 0.4) is 0 Å². The summed E-state index contributed by atoms with van der Waals surface area (Å²) in [5.41, 5.74) is 9.24. The minimum atomic E-state index is 0.621. The first-order valence-corrected chi connectivity index (χ1v) is 17.1. The van der Waals surface area contributed by atoms with Gasteiger partial charge in [0.1, 0.15) is 11.2 Å². The first-order valence-electron chi connectivity index (χ1n) is 16.2. The summed E-state index contributed by atoms with van der Waals surface area (Å²) in [6.07, 6.45) is 6.57. The van der Waals surface area contributed by atoms with Crippen LogP contribution >= 0.6 is 11.3 Å². The molecule has 3 heterocycles. The predicted molar refractivity (Wildman–Crippen MR) is 199 cm³/mol. The molecular weight excluding hydrogens is 607 g/mol. The number of fused-ring (bicyclic) bond motifs is 7. The Balaban J connectivity index is 1.23. The Bertz CT molecular complexity index is 2740. The lowest BCUT2D eigenvalue weighted by atomic mass is 9.95. The van der Waals surface area contributed by atoms with Gasteiger partial charge in [-0.2, -0.15) is 0 Å². The second kappa shape index (κ2) is 10.8. The van der Waals surface area contributed by atoms with Crippen molar-refractivity contribution in [2.45, 2.75) is 12.8 Å². The average molecular weight is 634 g/mol. The maximum Gasteiger partial charge on any atom is 0.164 e. The van der Waals surface area contributed by atoms with Crippen molar-refractivity contribution in [2.75, 3.05) is 0 Å². The molecule has 0 spiro atoms. The number of rotatable bonds is 4. The van der Waals surface area contributed by atoms with E-state index in [-0.39, 0.29) is 0 Å². The van der Waals surface area contributed by atoms with E-state index in [1.54, 1.807) is 11.3 Å². The highest BCUT2D eigenvalue weighted by Crippen LogP contribution is 2.42. The quantitative estimate of drug-likeness (QED) is 0.193. The minimum absolute atomic E-state index is 0.621. The van der Waals surface area contributed by atoms with E-state index in [0.717, 1.165) is 62.6 Å². The Morgan fingerprint density at radius 2 is 1.25 bits per heavy atom. The molecule has 0 fully saturated rings. The van der Waals surface area contributed by atoms with Gasteiger partial charge in [-0.05, 0) is 65.9 Å². The maximum absolute atomic E-state index is 6.59. The number of benzene rings is 6. The lowest BCUT2D eigenvalue weighted by molar-refractivity contribution is 0.670. The summed E-state index contributed by atoms with van der Waals surface area (Å²) >= 11 is 1.80. The molecule has 5 heteroatoms. The smallest absolute Gasteiger partial charge is 0.164 e. The number of aromatic nitrogens is 3. The molecule has 10 rings (SSSR count). The molecule has 226 valence electrons. The Labute approximate surface area is 280 Å². The van der Waals surface area contributed by atoms with E-state index in [4.69, 9.17) is 19.4 Å². The SMILES string of the molecule is C1=Cc2cc(-c3nc(-c4ccc5c(c4)sc4ccccc45)nc(-c4ccc(-c5ccccc5)c5oc6ccccc6c45)n3)ccc2CC1. The van der Waals surface area contributed by atoms with Crippen LogP contribution in [0.5, 0.6) is 0 Å². The lowest BCUT2D eigenvalue weighted by Crippen LogP contribution is -2.02. The first kappa shape index (κ1) is 27.2. The second-order valence-corrected chi connectivity index (χ2v) is 13.4. The third kappa shape index (κ3) is 4.39. The van der Waals surface area contributed by atoms with Crippen molar-refractivity contribution >= 4 is 59.5 Å². The van der Waals surface area contributed by atoms with Crippen molar-refractivity contribution < 1.29 is 4.42 Å². The number of hydrogen-bond acceptors (Lipinski definition) is 5. The Hall–Kier alpha value is -5.91. The minimum Gasteiger partial charge on any atom is -0.455 e. The lowest BCUT2D eigenvalue weighted by Gasteiger charge is -2.13. The average Bonchev–Trinajstić information content (AvgIpc) is 3.73. The van der Waals surface area contributed by atoms with Gasteiger partial charge in [0.2, 0.25) is 0 Å². The molecule has 0 saturated heterocycles. The highest BCUT2D eigenvalue weighted by Gasteiger charge is 2.21. The fourth-order valence-corrected chi connectivity index (χ4v) is 8.19. The van der Waals surface area contributed by atoms with Gasteiger partial charge < -0.3 is 4.42 Å². The summed E-state index contributed by atoms with van der Waals surface area (Å²) in [6.45, 7) is 0. The molecule has 0 saturated carbocycles. The Kier molecular flexibility index (Phi) is 6.14. The Morgan fingerprint density at radius 1 is 0.542 bits per heavy atom. The third-order valence-electron chi connectivity index (χ3n) is 9.41. The fourth-order valence-electron chi connectivity index (χ4n) is 7.05. The molecule has 0 amide bonds. The van der Waals surface area contributed by atoms with Gasteiger partial charge >= 0.3 is 0 Å². The van der Waals surface area contributed by atoms with E-state index in [1.807, 2.05) is 18.2 Å². The van der Waals surface area contributed by atoms with Crippen LogP contribution in [-0.4, -0.2) is 15.0 Å². The van der Waals surface area contributed by atoms with E-state index in [9.17, 15) is 0 Å². The summed E-state index contributed by atoms with van der Waals surface area (Å²) in [7, 11) is 0. The summed E-state index contributed by atoms with van der Waals surface area (Å²) in [5.74, 6) is 1.92. The van der Waals surface area contributed by atoms with Crippen LogP contribution in [0.25, 0.3) is 93.5 Å². The molecule has 1 aliphatic carbocycles. The third-order valence-corrected chi connectivity index (χ3v) is 10.5. The van der Waals surface area contributed by atoms with Gasteiger partial charge in [-0.15, -0.1) is 11.3 Å². The Morgan fingerprint density at radius 3 is 2.15 bits per heavy atom. The van der Waals surface area contributed by atoms with Crippen LogP contribution in [0, 0.1) is 0 Å². The van der Waals surface area contributed by atoms with Crippen molar-refractivity contribution in [3.63, 3.8) is 0 Å². The topological polar surface area (TPSA) is 51.8 Å². The van der Waals surface area contributed by atoms with Crippen LogP contribution in [0.15, 0.2) is 138 Å². The zero-order valence-electron chi connectivity index (χ0n) is 25.9. The number of para-hydroxylation sites is 1. The first-order chi connectivity index (χ1) is 23.8. The van der Waals surface area contributed by atoms with Gasteiger partial charge in [0, 0.05) is 53.2 Å². The normalized spacial score (nSPS) is 12.8. The van der Waals surface area contributed by atoms with Crippen LogP contribution < -0.4 is 0 Å². The van der Waals surface area contributed by atoms with Crippen molar-refractivity contribution in [3.05, 3.63) is 145 Å². The second-order valence-electron chi connectivity index (χ2n) is 12.3. The number of allylic oxidation sites excluding steroid dienone is 1. The summed E-state index contributed by atoms with van der Waals surface area (Å²) in [5, 5.41) is 4.56. The van der Waals surface area contributed by atoms with Crippen LogP contribution in [0.1, 0.15) is 17.5 Å². The van der Waals surface area contributed by atoms with Crippen molar-refractivity contribution in [2.24, 2.45) is 0 Å². The monoisotopic (exact) mass is 633 g/mol. The summed E-state index contributed by atoms with van der Waals surface area (Å²) in [6, 6.07) is 44.6. The molecule has 4 nitrogen and oxygen atoms in total. The number of aryl methyl sites for hydroxylation is 1. The summed E-state index contributed by atoms with van der Waals surface area (Å²) < 4.78 is 9.08. The summed E-state index contributed by atoms with van der Waals surface area (Å²) in [4.78, 5) is 15.6. The molecule has 9 aromatic rings. The van der Waals surface area contributed by atoms with E-state index in [2.05, 4.69) is 121 Å². The van der Waals surface area contributed by atoms with Gasteiger partial charge in [0.25, 0.3) is 0 Å². The molecule has 6 aromatic carbocycles. The largest absolute Gasteiger partial charge is 0.455 e. The number of furan rings is 1. The molecule has 0 aliphatic heterocycles. The van der Waals surface area contributed by atoms with E-state index < -0.39 is 0 Å². The zero-order valence-corrected chi connectivity index (χ0v) is 26.7. The van der Waals surface area contributed by atoms with E-state index in [0.29, 0.717) is 17.5 Å². The number of hydrogen-bond donors (Lipinski definition) is 0. The van der Waals surface area contributed by atoms with Gasteiger partial charge in [0.05, 0.1) is 0 Å². The van der Waals surface area contributed by atoms with E-state index in [1.165, 1.54) is 31.3 Å². The molecular formula is C43H27N3OS. The van der Waals surface area contributed by atoms with E-state index >= 15 is 0 Å². The zero-order chi connectivity index (χ0) is 31.6. The molecule has 0 N–H and O–H groups in total. The van der Waals surface area contributed by atoms with Gasteiger partial charge in [-0.25, -0.2) is 15.0 Å². The molecule has 0 atom stereocenters.